The second kappa shape index (κ2) is 4.53. The van der Waals surface area contributed by atoms with Crippen LogP contribution in [0.1, 0.15) is 22.9 Å². The first-order valence-corrected chi connectivity index (χ1v) is 6.90. The summed E-state index contributed by atoms with van der Waals surface area (Å²) in [5.41, 5.74) is 5.34. The van der Waals surface area contributed by atoms with Crippen LogP contribution >= 0.6 is 0 Å². The van der Waals surface area contributed by atoms with E-state index >= 15 is 0 Å². The fourth-order valence-electron chi connectivity index (χ4n) is 2.89. The molecule has 1 N–H and O–H groups in total. The quantitative estimate of drug-likeness (QED) is 0.730. The molecule has 3 heteroatoms. The molecule has 0 aliphatic carbocycles. The zero-order valence-electron chi connectivity index (χ0n) is 11.3. The fraction of sp³-hybridized carbons (Fsp3) is 0.0556. The number of hydrogen-bond donors (Lipinski definition) is 1. The largest absolute Gasteiger partial charge is 0.371 e. The second-order valence-electron chi connectivity index (χ2n) is 5.13. The van der Waals surface area contributed by atoms with E-state index in [2.05, 4.69) is 46.4 Å². The predicted octanol–water partition coefficient (Wildman–Crippen LogP) is 3.86. The maximum atomic E-state index is 8.92. The molecule has 0 radical (unpaired) electrons. The van der Waals surface area contributed by atoms with Gasteiger partial charge in [-0.25, -0.2) is 0 Å². The van der Waals surface area contributed by atoms with Crippen molar-refractivity contribution in [1.29, 1.82) is 5.26 Å². The number of hydrogen-bond acceptors (Lipinski definition) is 2. The normalized spacial score (nSPS) is 15.5. The van der Waals surface area contributed by atoms with Crippen molar-refractivity contribution in [1.82, 2.24) is 4.57 Å². The van der Waals surface area contributed by atoms with Crippen molar-refractivity contribution in [2.75, 3.05) is 5.32 Å². The SMILES string of the molecule is N#Cc1ccc(C2Nc3ccccc3-n3cccc32)cc1. The van der Waals surface area contributed by atoms with E-state index in [-0.39, 0.29) is 6.04 Å². The molecule has 0 bridgehead atoms. The minimum absolute atomic E-state index is 0.0997. The number of fused-ring (bicyclic) bond motifs is 3. The molecule has 1 aromatic heterocycles. The van der Waals surface area contributed by atoms with Crippen LogP contribution in [0.2, 0.25) is 0 Å². The molecule has 3 nitrogen and oxygen atoms in total. The summed E-state index contributed by atoms with van der Waals surface area (Å²) in [6.07, 6.45) is 2.09. The first kappa shape index (κ1) is 11.8. The molecule has 1 unspecified atom stereocenters. The summed E-state index contributed by atoms with van der Waals surface area (Å²) in [6.45, 7) is 0. The summed E-state index contributed by atoms with van der Waals surface area (Å²) in [6, 6.07) is 22.5. The summed E-state index contributed by atoms with van der Waals surface area (Å²) in [5, 5.41) is 12.5. The van der Waals surface area contributed by atoms with Crippen molar-refractivity contribution in [2.24, 2.45) is 0 Å². The highest BCUT2D eigenvalue weighted by Crippen LogP contribution is 2.36. The molecule has 1 aliphatic rings. The Morgan fingerprint density at radius 3 is 2.57 bits per heavy atom. The van der Waals surface area contributed by atoms with E-state index in [0.29, 0.717) is 5.56 Å². The van der Waals surface area contributed by atoms with Gasteiger partial charge >= 0.3 is 0 Å². The van der Waals surface area contributed by atoms with Crippen LogP contribution in [-0.4, -0.2) is 4.57 Å². The van der Waals surface area contributed by atoms with E-state index in [0.717, 1.165) is 11.3 Å². The Morgan fingerprint density at radius 2 is 1.76 bits per heavy atom. The third kappa shape index (κ3) is 1.81. The van der Waals surface area contributed by atoms with Crippen molar-refractivity contribution in [3.63, 3.8) is 0 Å². The number of rotatable bonds is 1. The summed E-state index contributed by atoms with van der Waals surface area (Å²) in [7, 11) is 0. The number of para-hydroxylation sites is 2. The molecule has 0 saturated carbocycles. The van der Waals surface area contributed by atoms with Crippen molar-refractivity contribution < 1.29 is 0 Å². The van der Waals surface area contributed by atoms with Gasteiger partial charge in [0.05, 0.1) is 29.0 Å². The van der Waals surface area contributed by atoms with E-state index in [1.54, 1.807) is 0 Å². The summed E-state index contributed by atoms with van der Waals surface area (Å²) < 4.78 is 2.22. The molecule has 3 aromatic rings. The van der Waals surface area contributed by atoms with Crippen molar-refractivity contribution >= 4 is 5.69 Å². The first-order valence-electron chi connectivity index (χ1n) is 6.90. The maximum Gasteiger partial charge on any atom is 0.0991 e. The van der Waals surface area contributed by atoms with Gasteiger partial charge in [-0.3, -0.25) is 0 Å². The lowest BCUT2D eigenvalue weighted by atomic mass is 9.99. The highest BCUT2D eigenvalue weighted by Gasteiger charge is 2.24. The molecule has 100 valence electrons. The van der Waals surface area contributed by atoms with Crippen molar-refractivity contribution in [3.05, 3.63) is 83.7 Å². The Bertz CT molecular complexity index is 837. The van der Waals surface area contributed by atoms with Crippen molar-refractivity contribution in [3.8, 4) is 11.8 Å². The number of benzene rings is 2. The van der Waals surface area contributed by atoms with Gasteiger partial charge in [-0.05, 0) is 42.0 Å². The van der Waals surface area contributed by atoms with Gasteiger partial charge in [-0.15, -0.1) is 0 Å². The first-order chi connectivity index (χ1) is 10.4. The fourth-order valence-corrected chi connectivity index (χ4v) is 2.89. The smallest absolute Gasteiger partial charge is 0.0991 e. The predicted molar refractivity (Wildman–Crippen MR) is 82.4 cm³/mol. The Labute approximate surface area is 123 Å². The van der Waals surface area contributed by atoms with Gasteiger partial charge in [-0.1, -0.05) is 24.3 Å². The Hall–Kier alpha value is -2.99. The lowest BCUT2D eigenvalue weighted by Gasteiger charge is -2.29. The summed E-state index contributed by atoms with van der Waals surface area (Å²) in [4.78, 5) is 0. The van der Waals surface area contributed by atoms with Gasteiger partial charge in [0, 0.05) is 11.9 Å². The van der Waals surface area contributed by atoms with Gasteiger partial charge in [-0.2, -0.15) is 5.26 Å². The van der Waals surface area contributed by atoms with Crippen LogP contribution in [0.15, 0.2) is 66.9 Å². The molecular weight excluding hydrogens is 258 g/mol. The van der Waals surface area contributed by atoms with Crippen LogP contribution in [0.25, 0.3) is 5.69 Å². The van der Waals surface area contributed by atoms with Crippen LogP contribution in [0.3, 0.4) is 0 Å². The summed E-state index contributed by atoms with van der Waals surface area (Å²) in [5.74, 6) is 0. The molecule has 2 heterocycles. The minimum atomic E-state index is 0.0997. The van der Waals surface area contributed by atoms with Crippen LogP contribution in [-0.2, 0) is 0 Å². The molecule has 0 fully saturated rings. The van der Waals surface area contributed by atoms with E-state index in [9.17, 15) is 0 Å². The molecule has 0 amide bonds. The highest BCUT2D eigenvalue weighted by atomic mass is 15.1. The van der Waals surface area contributed by atoms with E-state index in [1.807, 2.05) is 36.4 Å². The second-order valence-corrected chi connectivity index (χ2v) is 5.13. The Morgan fingerprint density at radius 1 is 0.952 bits per heavy atom. The summed E-state index contributed by atoms with van der Waals surface area (Å²) >= 11 is 0. The molecule has 4 rings (SSSR count). The van der Waals surface area contributed by atoms with Gasteiger partial charge in [0.25, 0.3) is 0 Å². The van der Waals surface area contributed by atoms with E-state index < -0.39 is 0 Å². The van der Waals surface area contributed by atoms with Gasteiger partial charge in [0.1, 0.15) is 0 Å². The van der Waals surface area contributed by atoms with Gasteiger partial charge in [0.15, 0.2) is 0 Å². The zero-order chi connectivity index (χ0) is 14.2. The monoisotopic (exact) mass is 271 g/mol. The van der Waals surface area contributed by atoms with E-state index in [1.165, 1.54) is 11.4 Å². The van der Waals surface area contributed by atoms with Gasteiger partial charge < -0.3 is 9.88 Å². The molecule has 1 aliphatic heterocycles. The average Bonchev–Trinajstić information content (AvgIpc) is 3.04. The third-order valence-electron chi connectivity index (χ3n) is 3.91. The van der Waals surface area contributed by atoms with Gasteiger partial charge in [0.2, 0.25) is 0 Å². The van der Waals surface area contributed by atoms with Crippen molar-refractivity contribution in [2.45, 2.75) is 6.04 Å². The number of nitrogens with one attached hydrogen (secondary N) is 1. The van der Waals surface area contributed by atoms with E-state index in [4.69, 9.17) is 5.26 Å². The van der Waals surface area contributed by atoms with Crippen LogP contribution in [0.4, 0.5) is 5.69 Å². The highest BCUT2D eigenvalue weighted by molar-refractivity contribution is 5.66. The molecule has 21 heavy (non-hydrogen) atoms. The number of nitrogens with zero attached hydrogens (tertiary/aromatic N) is 2. The van der Waals surface area contributed by atoms with Crippen LogP contribution < -0.4 is 5.32 Å². The standard InChI is InChI=1S/C18H13N3/c19-12-13-7-9-14(10-8-13)18-17-6-3-11-21(17)16-5-2-1-4-15(16)20-18/h1-11,18,20H. The third-order valence-corrected chi connectivity index (χ3v) is 3.91. The minimum Gasteiger partial charge on any atom is -0.371 e. The maximum absolute atomic E-state index is 8.92. The molecule has 0 spiro atoms. The zero-order valence-corrected chi connectivity index (χ0v) is 11.3. The number of aromatic nitrogens is 1. The lowest BCUT2D eigenvalue weighted by Crippen LogP contribution is -2.21. The van der Waals surface area contributed by atoms with Crippen LogP contribution in [0.5, 0.6) is 0 Å². The number of nitriles is 1. The molecular formula is C18H13N3. The molecule has 1 atom stereocenters. The molecule has 0 saturated heterocycles. The average molecular weight is 271 g/mol. The Balaban J connectivity index is 1.84. The topological polar surface area (TPSA) is 40.8 Å². The lowest BCUT2D eigenvalue weighted by molar-refractivity contribution is 0.810. The van der Waals surface area contributed by atoms with Crippen LogP contribution in [0, 0.1) is 11.3 Å². The number of anilines is 1. The molecule has 2 aromatic carbocycles. The Kier molecular flexibility index (Phi) is 2.55.